The largest absolute Gasteiger partial charge is 0.324 e. The Hall–Kier alpha value is -8.20. The quantitative estimate of drug-likeness (QED) is 0.0770. The molecular weight excluding hydrogens is 837 g/mol. The maximum absolute atomic E-state index is 13.4. The summed E-state index contributed by atoms with van der Waals surface area (Å²) in [5, 5.41) is 12.7. The summed E-state index contributed by atoms with van der Waals surface area (Å²) in [5.74, 6) is 0.550. The Labute approximate surface area is 389 Å². The van der Waals surface area contributed by atoms with Gasteiger partial charge in [0, 0.05) is 107 Å². The molecule has 0 bridgehead atoms. The Kier molecular flexibility index (Phi) is 13.1. The van der Waals surface area contributed by atoms with Crippen LogP contribution in [-0.2, 0) is 13.1 Å². The van der Waals surface area contributed by atoms with Gasteiger partial charge in [-0.2, -0.15) is 0 Å². The van der Waals surface area contributed by atoms with E-state index in [0.29, 0.717) is 34.4 Å². The van der Waals surface area contributed by atoms with Crippen molar-refractivity contribution in [2.24, 2.45) is 0 Å². The molecule has 0 radical (unpaired) electrons. The molecule has 1 aliphatic heterocycles. The number of rotatable bonds is 14. The molecule has 0 saturated carbocycles. The van der Waals surface area contributed by atoms with Crippen molar-refractivity contribution in [2.75, 3.05) is 54.5 Å². The number of amides is 2. The van der Waals surface area contributed by atoms with Crippen LogP contribution in [-0.4, -0.2) is 84.3 Å². The van der Waals surface area contributed by atoms with Crippen molar-refractivity contribution in [2.45, 2.75) is 26.9 Å². The van der Waals surface area contributed by atoms with Crippen LogP contribution in [0.25, 0.3) is 22.5 Å². The number of nitrogens with one attached hydrogen (secondary N) is 4. The number of piperazine rings is 1. The number of aryl methyl sites for hydroxylation is 2. The number of anilines is 6. The standard InChI is InChI=1S/C53H50N12O2/c1-36-8-18-44(30-48(36)62-52-56-24-20-46(60-52)42-6-4-22-54-32-42)58-50(66)40-14-10-38(11-15-40)34-64-26-28-65(3,29-27-64)35-39-12-16-41(17-13-39)51(67)59-45-19-9-37(2)49(31-45)63-53-57-25-21-47(61-53)43-7-5-23-55-33-43/h4-25,30-33H,26-29,34-35H2,1-3H3,(H3-,56,57,58,59,60,61,62,63,66,67)/p+1. The molecule has 4 aromatic carbocycles. The third-order valence-corrected chi connectivity index (χ3v) is 12.0. The first kappa shape index (κ1) is 44.0. The second kappa shape index (κ2) is 19.9. The minimum Gasteiger partial charge on any atom is -0.324 e. The summed E-state index contributed by atoms with van der Waals surface area (Å²) in [5.41, 5.74) is 11.8. The Morgan fingerprint density at radius 2 is 1.06 bits per heavy atom. The molecule has 1 aliphatic rings. The number of hydrogen-bond acceptors (Lipinski definition) is 11. The molecule has 334 valence electrons. The van der Waals surface area contributed by atoms with E-state index in [1.807, 2.05) is 123 Å². The SMILES string of the molecule is Cc1ccc(NC(=O)c2ccc(CN3CC[N+](C)(Cc4ccc(C(=O)Nc5ccc(C)c(Nc6nccc(-c7cccnc7)n6)c5)cc4)CC3)cc2)cc1Nc1nccc(-c2cccnc2)n1. The van der Waals surface area contributed by atoms with Crippen LogP contribution in [0.5, 0.6) is 0 Å². The predicted octanol–water partition coefficient (Wildman–Crippen LogP) is 9.46. The lowest BCUT2D eigenvalue weighted by Gasteiger charge is -2.42. The summed E-state index contributed by atoms with van der Waals surface area (Å²) in [6, 6.07) is 38.6. The number of nitrogens with zero attached hydrogens (tertiary/aromatic N) is 8. The van der Waals surface area contributed by atoms with Gasteiger partial charge in [0.15, 0.2) is 0 Å². The van der Waals surface area contributed by atoms with E-state index in [4.69, 9.17) is 0 Å². The van der Waals surface area contributed by atoms with Crippen LogP contribution in [0.1, 0.15) is 43.0 Å². The number of aromatic nitrogens is 6. The summed E-state index contributed by atoms with van der Waals surface area (Å²) in [6.45, 7) is 9.59. The van der Waals surface area contributed by atoms with Gasteiger partial charge in [-0.15, -0.1) is 0 Å². The second-order valence-electron chi connectivity index (χ2n) is 17.1. The van der Waals surface area contributed by atoms with Gasteiger partial charge < -0.3 is 25.8 Å². The fourth-order valence-electron chi connectivity index (χ4n) is 8.03. The molecule has 9 rings (SSSR count). The second-order valence-corrected chi connectivity index (χ2v) is 17.1. The third-order valence-electron chi connectivity index (χ3n) is 12.0. The molecule has 1 saturated heterocycles. The van der Waals surface area contributed by atoms with Crippen molar-refractivity contribution in [3.05, 3.63) is 192 Å². The molecule has 4 aromatic heterocycles. The van der Waals surface area contributed by atoms with Crippen molar-refractivity contribution >= 4 is 46.5 Å². The van der Waals surface area contributed by atoms with Crippen molar-refractivity contribution in [3.8, 4) is 22.5 Å². The Morgan fingerprint density at radius 1 is 0.582 bits per heavy atom. The number of carbonyl (C=O) groups is 2. The molecule has 8 aromatic rings. The first-order chi connectivity index (χ1) is 32.6. The summed E-state index contributed by atoms with van der Waals surface area (Å²) in [4.78, 5) is 55.7. The van der Waals surface area contributed by atoms with E-state index in [9.17, 15) is 9.59 Å². The zero-order valence-corrected chi connectivity index (χ0v) is 37.6. The lowest BCUT2D eigenvalue weighted by molar-refractivity contribution is -0.926. The Balaban J connectivity index is 0.737. The maximum atomic E-state index is 13.4. The molecule has 14 heteroatoms. The molecule has 1 fully saturated rings. The molecule has 5 heterocycles. The van der Waals surface area contributed by atoms with Crippen LogP contribution in [0.2, 0.25) is 0 Å². The fraction of sp³-hybridized carbons (Fsp3) is 0.170. The number of benzene rings is 4. The number of pyridine rings is 2. The minimum atomic E-state index is -0.180. The summed E-state index contributed by atoms with van der Waals surface area (Å²) >= 11 is 0. The number of quaternary nitrogens is 1. The van der Waals surface area contributed by atoms with Gasteiger partial charge in [-0.1, -0.05) is 36.4 Å². The van der Waals surface area contributed by atoms with Gasteiger partial charge in [-0.05, 0) is 115 Å². The van der Waals surface area contributed by atoms with Crippen LogP contribution < -0.4 is 21.3 Å². The van der Waals surface area contributed by atoms with Gasteiger partial charge in [0.2, 0.25) is 11.9 Å². The van der Waals surface area contributed by atoms with E-state index in [0.717, 1.165) is 94.3 Å². The molecule has 67 heavy (non-hydrogen) atoms. The zero-order valence-electron chi connectivity index (χ0n) is 37.6. The van der Waals surface area contributed by atoms with Crippen LogP contribution in [0.3, 0.4) is 0 Å². The fourth-order valence-corrected chi connectivity index (χ4v) is 8.03. The van der Waals surface area contributed by atoms with E-state index < -0.39 is 0 Å². The first-order valence-electron chi connectivity index (χ1n) is 22.2. The van der Waals surface area contributed by atoms with Gasteiger partial charge in [-0.3, -0.25) is 24.5 Å². The van der Waals surface area contributed by atoms with Crippen LogP contribution >= 0.6 is 0 Å². The van der Waals surface area contributed by atoms with Gasteiger partial charge in [0.1, 0.15) is 6.54 Å². The minimum absolute atomic E-state index is 0.177. The van der Waals surface area contributed by atoms with E-state index in [-0.39, 0.29) is 11.8 Å². The molecular formula is C53H51N12O2+. The molecule has 0 unspecified atom stereocenters. The van der Waals surface area contributed by atoms with Crippen molar-refractivity contribution < 1.29 is 14.1 Å². The summed E-state index contributed by atoms with van der Waals surface area (Å²) in [7, 11) is 2.30. The van der Waals surface area contributed by atoms with Crippen molar-refractivity contribution in [3.63, 3.8) is 0 Å². The average Bonchev–Trinajstić information content (AvgIpc) is 3.35. The van der Waals surface area contributed by atoms with Crippen LogP contribution in [0.15, 0.2) is 159 Å². The number of likely N-dealkylation sites (N-methyl/N-ethyl adjacent to an activating group) is 1. The van der Waals surface area contributed by atoms with Gasteiger partial charge in [0.05, 0.1) is 31.5 Å². The summed E-state index contributed by atoms with van der Waals surface area (Å²) < 4.78 is 0.913. The topological polar surface area (TPSA) is 163 Å². The highest BCUT2D eigenvalue weighted by Gasteiger charge is 2.29. The third kappa shape index (κ3) is 11.2. The van der Waals surface area contributed by atoms with E-state index >= 15 is 0 Å². The molecule has 0 spiro atoms. The molecule has 0 atom stereocenters. The van der Waals surface area contributed by atoms with E-state index in [2.05, 4.69) is 75.3 Å². The monoisotopic (exact) mass is 887 g/mol. The molecule has 2 amide bonds. The van der Waals surface area contributed by atoms with Gasteiger partial charge >= 0.3 is 0 Å². The lowest BCUT2D eigenvalue weighted by Crippen LogP contribution is -2.56. The van der Waals surface area contributed by atoms with Crippen LogP contribution in [0.4, 0.5) is 34.6 Å². The molecule has 0 aliphatic carbocycles. The van der Waals surface area contributed by atoms with Gasteiger partial charge in [-0.25, -0.2) is 19.9 Å². The number of hydrogen-bond donors (Lipinski definition) is 4. The highest BCUT2D eigenvalue weighted by molar-refractivity contribution is 6.05. The van der Waals surface area contributed by atoms with Crippen molar-refractivity contribution in [1.82, 2.24) is 34.8 Å². The predicted molar refractivity (Wildman–Crippen MR) is 263 cm³/mol. The zero-order chi connectivity index (χ0) is 46.2. The Bertz CT molecular complexity index is 3000. The highest BCUT2D eigenvalue weighted by atomic mass is 16.2. The maximum Gasteiger partial charge on any atom is 0.255 e. The first-order valence-corrected chi connectivity index (χ1v) is 22.2. The molecule has 4 N–H and O–H groups in total. The van der Waals surface area contributed by atoms with Crippen molar-refractivity contribution in [1.29, 1.82) is 0 Å². The lowest BCUT2D eigenvalue weighted by atomic mass is 10.1. The normalized spacial score (nSPS) is 13.4. The van der Waals surface area contributed by atoms with E-state index in [1.165, 1.54) is 5.56 Å². The van der Waals surface area contributed by atoms with Crippen LogP contribution in [0, 0.1) is 13.8 Å². The molecule has 14 nitrogen and oxygen atoms in total. The number of carbonyl (C=O) groups excluding carboxylic acids is 2. The smallest absolute Gasteiger partial charge is 0.255 e. The van der Waals surface area contributed by atoms with E-state index in [1.54, 1.807) is 37.2 Å². The highest BCUT2D eigenvalue weighted by Crippen LogP contribution is 2.27. The van der Waals surface area contributed by atoms with Gasteiger partial charge in [0.25, 0.3) is 11.8 Å². The average molecular weight is 888 g/mol. The summed E-state index contributed by atoms with van der Waals surface area (Å²) in [6.07, 6.45) is 10.4. The Morgan fingerprint density at radius 3 is 1.52 bits per heavy atom.